The first-order valence-electron chi connectivity index (χ1n) is 0.894. The van der Waals surface area contributed by atoms with Gasteiger partial charge in [0.15, 0.2) is 0 Å². The van der Waals surface area contributed by atoms with E-state index in [9.17, 15) is 0 Å². The predicted molar refractivity (Wildman–Crippen MR) is 141 cm³/mol. The van der Waals surface area contributed by atoms with E-state index in [1.165, 1.54) is 0 Å². The van der Waals surface area contributed by atoms with E-state index in [1.54, 1.807) is 0 Å². The Morgan fingerprint density at radius 1 is 0.135 bits per heavy atom. The van der Waals surface area contributed by atoms with Gasteiger partial charge in [-0.3, -0.25) is 0 Å². The zero-order valence-corrected chi connectivity index (χ0v) is 58.9. The number of hydrogen-bond acceptors (Lipinski definition) is 4. The summed E-state index contributed by atoms with van der Waals surface area (Å²) in [5.41, 5.74) is 0. The zero-order chi connectivity index (χ0) is 4.50. The smallest absolute Gasteiger partial charge is 0.412 e. The molecular formula is H74NiO39SiW11. The summed E-state index contributed by atoms with van der Waals surface area (Å²) in [5, 5.41) is 0. The van der Waals surface area contributed by atoms with Crippen molar-refractivity contribution in [3.63, 3.8) is 0 Å². The molecule has 0 saturated heterocycles. The van der Waals surface area contributed by atoms with Crippen LogP contribution in [0.4, 0.5) is 0 Å². The van der Waals surface area contributed by atoms with Crippen molar-refractivity contribution in [3.05, 3.63) is 0 Å². The van der Waals surface area contributed by atoms with Gasteiger partial charge in [0.25, 0.3) is 0 Å². The molecule has 388 valence electrons. The second-order valence-corrected chi connectivity index (χ2v) is 1.80. The zero-order valence-electron chi connectivity index (χ0n) is 24.6. The molecule has 0 aliphatic heterocycles. The predicted octanol–water partition coefficient (Wildman–Crippen LogP) is -31.5. The van der Waals surface area contributed by atoms with Gasteiger partial charge < -0.3 is 211 Å². The van der Waals surface area contributed by atoms with Crippen LogP contribution in [0.25, 0.3) is 0 Å². The molecule has 0 aliphatic rings. The fourth-order valence-electron chi connectivity index (χ4n) is 0. The Labute approximate surface area is 462 Å². The van der Waals surface area contributed by atoms with Crippen molar-refractivity contribution in [2.75, 3.05) is 0 Å². The summed E-state index contributed by atoms with van der Waals surface area (Å²) < 4.78 is 0. The number of rotatable bonds is 0. The quantitative estimate of drug-likeness (QED) is 0.172. The van der Waals surface area contributed by atoms with Crippen LogP contribution in [0, 0.1) is 0 Å². The summed E-state index contributed by atoms with van der Waals surface area (Å²) in [7, 11) is -4.61. The van der Waals surface area contributed by atoms with Crippen molar-refractivity contribution < 1.29 is 459 Å². The molecule has 0 spiro atoms. The Morgan fingerprint density at radius 3 is 0.135 bits per heavy atom. The third kappa shape index (κ3) is 3900. The van der Waals surface area contributed by atoms with E-state index in [2.05, 4.69) is 0 Å². The average Bonchev–Trinajstić information content (AvgIpc) is 0.722. The molecule has 0 atom stereocenters. The minimum atomic E-state index is -4.61. The Morgan fingerprint density at radius 2 is 0.135 bits per heavy atom. The minimum absolute atomic E-state index is 0. The molecule has 0 rings (SSSR count). The molecule has 0 aromatic carbocycles. The molecule has 52 heavy (non-hydrogen) atoms. The topological polar surface area (TPSA) is 1180 Å². The Balaban J connectivity index is -0.0000000000740. The maximum Gasteiger partial charge on any atom is 0.668 e. The third-order valence-electron chi connectivity index (χ3n) is 0. The van der Waals surface area contributed by atoms with Crippen LogP contribution in [-0.2, 0) is 248 Å². The van der Waals surface area contributed by atoms with Crippen molar-refractivity contribution in [3.8, 4) is 0 Å². The van der Waals surface area contributed by atoms with Crippen LogP contribution < -0.4 is 0 Å². The fraction of sp³-hybridized carbons (Fsp3) is 0. The standard InChI is InChI=1S/Ni.H4O4Si.35H2O.11W/c;1-5(2,3)4;;;;;;;;;;;;;;;;;;;;;;;;;;;;;;;;;;;;;;;;;;;;;;/h;1-4H;35*1H2;;;;;;;;;;;. The summed E-state index contributed by atoms with van der Waals surface area (Å²) >= 11 is 0. The van der Waals surface area contributed by atoms with Gasteiger partial charge in [-0.1, -0.05) is 0 Å². The first-order chi connectivity index (χ1) is 2.00. The molecule has 0 unspecified atom stereocenters. The van der Waals surface area contributed by atoms with E-state index in [4.69, 9.17) is 19.2 Å². The van der Waals surface area contributed by atoms with E-state index < -0.39 is 9.05 Å². The third-order valence-corrected chi connectivity index (χ3v) is 0. The molecule has 0 aliphatic carbocycles. The molecule has 0 heterocycles. The molecule has 0 amide bonds. The van der Waals surface area contributed by atoms with Crippen LogP contribution in [0.5, 0.6) is 0 Å². The SMILES string of the molecule is O.O.O.O.O.O.O.O.O.O.O.O.O.O.O.O.O.O.O.O.O.O.O.O.O.O.O.O.O.O.O.O.O.O.O.O[Si](O)(O)O.[Ni].[W].[W].[W].[W].[W].[W].[W].[W].[W].[W].[W]. The summed E-state index contributed by atoms with van der Waals surface area (Å²) in [5.74, 6) is 0. The van der Waals surface area contributed by atoms with Gasteiger partial charge in [0.1, 0.15) is 0 Å². The van der Waals surface area contributed by atoms with Crippen molar-refractivity contribution in [1.29, 1.82) is 0 Å². The molecule has 0 saturated carbocycles. The summed E-state index contributed by atoms with van der Waals surface area (Å²) in [6, 6.07) is 0. The van der Waals surface area contributed by atoms with E-state index in [0.717, 1.165) is 0 Å². The maximum atomic E-state index is 7.33. The second-order valence-electron chi connectivity index (χ2n) is 0.600. The molecule has 0 radical (unpaired) electrons. The molecule has 0 aromatic rings. The van der Waals surface area contributed by atoms with Crippen molar-refractivity contribution in [1.82, 2.24) is 0 Å². The van der Waals surface area contributed by atoms with Crippen LogP contribution in [-0.4, -0.2) is 220 Å². The van der Waals surface area contributed by atoms with Gasteiger partial charge in [-0.15, -0.1) is 0 Å². The largest absolute Gasteiger partial charge is 0.668 e. The first kappa shape index (κ1) is 1700. The average molecular weight is 2810 g/mol. The molecule has 39 nitrogen and oxygen atoms in total. The molecular weight excluding hydrogens is 2730 g/mol. The van der Waals surface area contributed by atoms with E-state index >= 15 is 0 Å². The van der Waals surface area contributed by atoms with Crippen LogP contribution in [0.3, 0.4) is 0 Å². The van der Waals surface area contributed by atoms with Gasteiger partial charge in [-0.05, 0) is 0 Å². The molecule has 0 bridgehead atoms. The van der Waals surface area contributed by atoms with Gasteiger partial charge in [-0.2, -0.15) is 0 Å². The Bertz CT molecular complexity index is 67.7. The second kappa shape index (κ2) is 1150. The van der Waals surface area contributed by atoms with Gasteiger partial charge in [-0.25, -0.2) is 0 Å². The number of hydrogen-bond donors (Lipinski definition) is 4. The molecule has 0 fully saturated rings. The van der Waals surface area contributed by atoms with Gasteiger partial charge in [0.05, 0.1) is 0 Å². The normalized spacial score (nSPS) is 1.15. The van der Waals surface area contributed by atoms with Gasteiger partial charge in [0, 0.05) is 248 Å². The van der Waals surface area contributed by atoms with Crippen molar-refractivity contribution in [2.45, 2.75) is 0 Å². The summed E-state index contributed by atoms with van der Waals surface area (Å²) in [6.45, 7) is 0. The van der Waals surface area contributed by atoms with Crippen LogP contribution in [0.1, 0.15) is 0 Å². The van der Waals surface area contributed by atoms with Crippen molar-refractivity contribution >= 4 is 9.05 Å². The maximum absolute atomic E-state index is 7.33. The van der Waals surface area contributed by atoms with E-state index in [1.807, 2.05) is 0 Å². The summed E-state index contributed by atoms with van der Waals surface area (Å²) in [4.78, 5) is 29.3. The van der Waals surface area contributed by atoms with Crippen LogP contribution in [0.2, 0.25) is 0 Å². The minimum Gasteiger partial charge on any atom is -0.412 e. The molecule has 0 aromatic heterocycles. The fourth-order valence-corrected chi connectivity index (χ4v) is 0. The van der Waals surface area contributed by atoms with E-state index in [0.29, 0.717) is 0 Å². The molecule has 74 N–H and O–H groups in total. The molecule has 52 heteroatoms. The Hall–Kier alpha value is 6.72. The Kier molecular flexibility index (Phi) is 37600. The van der Waals surface area contributed by atoms with Gasteiger partial charge >= 0.3 is 9.05 Å². The first-order valence-corrected chi connectivity index (χ1v) is 2.68. The monoisotopic (exact) mass is 2810 g/mol. The van der Waals surface area contributed by atoms with Crippen molar-refractivity contribution in [2.24, 2.45) is 0 Å². The van der Waals surface area contributed by atoms with Gasteiger partial charge in [0.2, 0.25) is 0 Å². The van der Waals surface area contributed by atoms with Crippen LogP contribution >= 0.6 is 0 Å². The van der Waals surface area contributed by atoms with E-state index in [-0.39, 0.29) is 440 Å². The van der Waals surface area contributed by atoms with Crippen LogP contribution in [0.15, 0.2) is 0 Å². The summed E-state index contributed by atoms with van der Waals surface area (Å²) in [6.07, 6.45) is 0.